The average Bonchev–Trinajstić information content (AvgIpc) is 3.35. The molecule has 0 bridgehead atoms. The van der Waals surface area contributed by atoms with Gasteiger partial charge in [0.15, 0.2) is 0 Å². The van der Waals surface area contributed by atoms with Crippen LogP contribution in [-0.4, -0.2) is 48.3 Å². The molecule has 4 atom stereocenters. The molecule has 3 fully saturated rings. The summed E-state index contributed by atoms with van der Waals surface area (Å²) in [5, 5.41) is 10.2. The number of nitrogens with zero attached hydrogens (tertiary/aromatic N) is 2. The van der Waals surface area contributed by atoms with Gasteiger partial charge in [0.05, 0.1) is 12.7 Å². The van der Waals surface area contributed by atoms with Crippen molar-refractivity contribution in [3.8, 4) is 0 Å². The second kappa shape index (κ2) is 7.00. The maximum Gasteiger partial charge on any atom is 0.318 e. The third-order valence-corrected chi connectivity index (χ3v) is 5.77. The number of hydrogen-bond acceptors (Lipinski definition) is 6. The van der Waals surface area contributed by atoms with E-state index in [9.17, 15) is 4.79 Å². The van der Waals surface area contributed by atoms with Gasteiger partial charge in [-0.05, 0) is 38.5 Å². The van der Waals surface area contributed by atoms with Crippen LogP contribution in [0.3, 0.4) is 0 Å². The molecule has 24 heavy (non-hydrogen) atoms. The molecule has 0 aromatic heterocycles. The highest BCUT2D eigenvalue weighted by atomic mass is 16.5. The van der Waals surface area contributed by atoms with Gasteiger partial charge in [-0.3, -0.25) is 15.1 Å². The molecule has 2 aliphatic heterocycles. The van der Waals surface area contributed by atoms with Crippen LogP contribution in [0, 0.1) is 11.8 Å². The normalized spacial score (nSPS) is 36.6. The third kappa shape index (κ3) is 3.31. The number of rotatable bonds is 5. The first-order chi connectivity index (χ1) is 11.8. The molecule has 1 N–H and O–H groups in total. The number of fused-ring (bicyclic) bond motifs is 1. The Hall–Kier alpha value is -1.14. The van der Waals surface area contributed by atoms with Crippen LogP contribution in [0.5, 0.6) is 0 Å². The van der Waals surface area contributed by atoms with Crippen molar-refractivity contribution in [2.24, 2.45) is 16.9 Å². The molecule has 0 aromatic rings. The van der Waals surface area contributed by atoms with Crippen molar-refractivity contribution in [1.29, 1.82) is 0 Å². The molecule has 4 unspecified atom stereocenters. The van der Waals surface area contributed by atoms with E-state index in [1.165, 1.54) is 32.1 Å². The van der Waals surface area contributed by atoms with E-state index in [1.807, 2.05) is 11.9 Å². The third-order valence-electron chi connectivity index (χ3n) is 5.77. The smallest absolute Gasteiger partial charge is 0.318 e. The highest BCUT2D eigenvalue weighted by Gasteiger charge is 2.49. The summed E-state index contributed by atoms with van der Waals surface area (Å²) in [5.74, 6) is 0.214. The topological polar surface area (TPSA) is 63.2 Å². The second-order valence-electron chi connectivity index (χ2n) is 7.56. The Morgan fingerprint density at radius 3 is 2.75 bits per heavy atom. The largest absolute Gasteiger partial charge is 0.465 e. The average molecular weight is 335 g/mol. The molecule has 2 saturated carbocycles. The first kappa shape index (κ1) is 16.3. The second-order valence-corrected chi connectivity index (χ2v) is 7.56. The zero-order valence-electron chi connectivity index (χ0n) is 14.5. The fourth-order valence-corrected chi connectivity index (χ4v) is 4.31. The van der Waals surface area contributed by atoms with E-state index in [-0.39, 0.29) is 24.3 Å². The summed E-state index contributed by atoms with van der Waals surface area (Å²) in [7, 11) is 0. The standard InChI is InChI=1S/C18H29N3O3/c1-2-23-18(22)14-11-19-21-16(24-13-6-4-3-5-7-13)10-15(12-8-9-12)20-17(14)21/h11-17,20H,2-10H2,1H3. The summed E-state index contributed by atoms with van der Waals surface area (Å²) in [4.78, 5) is 12.3. The first-order valence-electron chi connectivity index (χ1n) is 9.67. The van der Waals surface area contributed by atoms with E-state index in [2.05, 4.69) is 10.4 Å². The molecule has 6 nitrogen and oxygen atoms in total. The van der Waals surface area contributed by atoms with E-state index < -0.39 is 0 Å². The molecule has 6 heteroatoms. The van der Waals surface area contributed by atoms with Gasteiger partial charge in [0.2, 0.25) is 0 Å². The number of hydrazone groups is 1. The van der Waals surface area contributed by atoms with Gasteiger partial charge >= 0.3 is 5.97 Å². The van der Waals surface area contributed by atoms with Gasteiger partial charge in [0.25, 0.3) is 0 Å². The Morgan fingerprint density at radius 2 is 2.04 bits per heavy atom. The van der Waals surface area contributed by atoms with Crippen molar-refractivity contribution in [3.05, 3.63) is 0 Å². The van der Waals surface area contributed by atoms with Crippen molar-refractivity contribution in [3.63, 3.8) is 0 Å². The van der Waals surface area contributed by atoms with Crippen molar-refractivity contribution in [1.82, 2.24) is 10.3 Å². The van der Waals surface area contributed by atoms with Crippen molar-refractivity contribution in [2.75, 3.05) is 6.61 Å². The van der Waals surface area contributed by atoms with Gasteiger partial charge in [-0.2, -0.15) is 5.10 Å². The van der Waals surface area contributed by atoms with Crippen LogP contribution < -0.4 is 5.32 Å². The molecular formula is C18H29N3O3. The van der Waals surface area contributed by atoms with Crippen LogP contribution in [0.25, 0.3) is 0 Å². The first-order valence-corrected chi connectivity index (χ1v) is 9.67. The van der Waals surface area contributed by atoms with E-state index >= 15 is 0 Å². The van der Waals surface area contributed by atoms with Crippen molar-refractivity contribution >= 4 is 12.2 Å². The van der Waals surface area contributed by atoms with Crippen molar-refractivity contribution in [2.45, 2.75) is 82.8 Å². The maximum atomic E-state index is 12.3. The molecule has 134 valence electrons. The minimum atomic E-state index is -0.330. The summed E-state index contributed by atoms with van der Waals surface area (Å²) in [6.07, 6.45) is 11.6. The fourth-order valence-electron chi connectivity index (χ4n) is 4.31. The lowest BCUT2D eigenvalue weighted by molar-refractivity contribution is -0.164. The predicted octanol–water partition coefficient (Wildman–Crippen LogP) is 2.24. The Labute approximate surface area is 143 Å². The summed E-state index contributed by atoms with van der Waals surface area (Å²) in [6.45, 7) is 2.25. The quantitative estimate of drug-likeness (QED) is 0.781. The van der Waals surface area contributed by atoms with E-state index in [0.717, 1.165) is 25.2 Å². The zero-order valence-corrected chi connectivity index (χ0v) is 14.5. The lowest BCUT2D eigenvalue weighted by Crippen LogP contribution is -2.61. The summed E-state index contributed by atoms with van der Waals surface area (Å²) < 4.78 is 11.7. The fraction of sp³-hybridized carbons (Fsp3) is 0.889. The van der Waals surface area contributed by atoms with E-state index in [1.54, 1.807) is 6.21 Å². The lowest BCUT2D eigenvalue weighted by Gasteiger charge is -2.44. The van der Waals surface area contributed by atoms with Gasteiger partial charge in [-0.25, -0.2) is 0 Å². The van der Waals surface area contributed by atoms with Crippen LogP contribution >= 0.6 is 0 Å². The SMILES string of the molecule is CCOC(=O)C1C=NN2C(OC3CCCCC3)CC(C3CC3)NC12. The lowest BCUT2D eigenvalue weighted by atomic mass is 9.96. The number of esters is 1. The highest BCUT2D eigenvalue weighted by molar-refractivity contribution is 5.91. The number of carbonyl (C=O) groups is 1. The molecular weight excluding hydrogens is 306 g/mol. The molecule has 0 aromatic carbocycles. The van der Waals surface area contributed by atoms with Crippen LogP contribution in [0.1, 0.15) is 58.3 Å². The Bertz CT molecular complexity index is 488. The monoisotopic (exact) mass is 335 g/mol. The van der Waals surface area contributed by atoms with Gasteiger partial charge in [0.1, 0.15) is 18.3 Å². The number of hydrogen-bond donors (Lipinski definition) is 1. The summed E-state index contributed by atoms with van der Waals surface area (Å²) in [6, 6.07) is 0.429. The zero-order chi connectivity index (χ0) is 16.5. The number of carbonyl (C=O) groups excluding carboxylic acids is 1. The van der Waals surface area contributed by atoms with Crippen LogP contribution in [-0.2, 0) is 14.3 Å². The molecule has 0 spiro atoms. The Balaban J connectivity index is 1.46. The molecule has 0 amide bonds. The molecule has 4 rings (SSSR count). The molecule has 1 saturated heterocycles. The van der Waals surface area contributed by atoms with Crippen LogP contribution in [0.4, 0.5) is 0 Å². The van der Waals surface area contributed by atoms with Gasteiger partial charge in [-0.1, -0.05) is 19.3 Å². The Kier molecular flexibility index (Phi) is 4.77. The van der Waals surface area contributed by atoms with E-state index in [4.69, 9.17) is 9.47 Å². The van der Waals surface area contributed by atoms with Crippen molar-refractivity contribution < 1.29 is 14.3 Å². The molecule has 4 aliphatic rings. The maximum absolute atomic E-state index is 12.3. The molecule has 2 aliphatic carbocycles. The summed E-state index contributed by atoms with van der Waals surface area (Å²) in [5.41, 5.74) is 0. The minimum absolute atomic E-state index is 0.0133. The molecule has 2 heterocycles. The van der Waals surface area contributed by atoms with Gasteiger partial charge in [-0.15, -0.1) is 0 Å². The minimum Gasteiger partial charge on any atom is -0.465 e. The highest BCUT2D eigenvalue weighted by Crippen LogP contribution is 2.40. The van der Waals surface area contributed by atoms with Gasteiger partial charge in [0, 0.05) is 18.7 Å². The van der Waals surface area contributed by atoms with Crippen LogP contribution in [0.15, 0.2) is 5.10 Å². The molecule has 0 radical (unpaired) electrons. The van der Waals surface area contributed by atoms with E-state index in [0.29, 0.717) is 18.8 Å². The number of nitrogens with one attached hydrogen (secondary N) is 1. The Morgan fingerprint density at radius 1 is 1.25 bits per heavy atom. The number of ether oxygens (including phenoxy) is 2. The predicted molar refractivity (Wildman–Crippen MR) is 90.3 cm³/mol. The van der Waals surface area contributed by atoms with Crippen LogP contribution in [0.2, 0.25) is 0 Å². The van der Waals surface area contributed by atoms with Gasteiger partial charge < -0.3 is 9.47 Å². The summed E-state index contributed by atoms with van der Waals surface area (Å²) >= 11 is 0.